The third-order valence-corrected chi connectivity index (χ3v) is 3.25. The highest BCUT2D eigenvalue weighted by molar-refractivity contribution is 5.65. The Morgan fingerprint density at radius 3 is 2.89 bits per heavy atom. The number of H-pyrrole nitrogens is 1. The Kier molecular flexibility index (Phi) is 3.02. The molecule has 0 atom stereocenters. The SMILES string of the molecule is CCOc1ccc(-c2n[nH]c3c2CNCC3)cc1. The number of hydrogen-bond donors (Lipinski definition) is 2. The van der Waals surface area contributed by atoms with Gasteiger partial charge in [-0.3, -0.25) is 5.10 Å². The van der Waals surface area contributed by atoms with Gasteiger partial charge in [0.05, 0.1) is 12.3 Å². The van der Waals surface area contributed by atoms with E-state index in [0.717, 1.165) is 36.5 Å². The predicted molar refractivity (Wildman–Crippen MR) is 70.6 cm³/mol. The van der Waals surface area contributed by atoms with Gasteiger partial charge >= 0.3 is 0 Å². The molecule has 0 radical (unpaired) electrons. The predicted octanol–water partition coefficient (Wildman–Crippen LogP) is 2.12. The second-order valence-corrected chi connectivity index (χ2v) is 4.41. The Bertz CT molecular complexity index is 530. The molecule has 0 fully saturated rings. The molecule has 1 aromatic heterocycles. The highest BCUT2D eigenvalue weighted by atomic mass is 16.5. The summed E-state index contributed by atoms with van der Waals surface area (Å²) in [6, 6.07) is 8.12. The van der Waals surface area contributed by atoms with Crippen molar-refractivity contribution in [2.24, 2.45) is 0 Å². The molecule has 1 aliphatic heterocycles. The van der Waals surface area contributed by atoms with Crippen LogP contribution in [0, 0.1) is 0 Å². The lowest BCUT2D eigenvalue weighted by atomic mass is 10.0. The van der Waals surface area contributed by atoms with Gasteiger partial charge in [-0.1, -0.05) is 0 Å². The van der Waals surface area contributed by atoms with Crippen molar-refractivity contribution in [2.45, 2.75) is 19.9 Å². The van der Waals surface area contributed by atoms with Crippen molar-refractivity contribution < 1.29 is 4.74 Å². The van der Waals surface area contributed by atoms with Gasteiger partial charge in [0, 0.05) is 36.3 Å². The van der Waals surface area contributed by atoms with Crippen molar-refractivity contribution >= 4 is 0 Å². The fraction of sp³-hybridized carbons (Fsp3) is 0.357. The third kappa shape index (κ3) is 1.99. The molecular weight excluding hydrogens is 226 g/mol. The van der Waals surface area contributed by atoms with Crippen LogP contribution >= 0.6 is 0 Å². The highest BCUT2D eigenvalue weighted by Gasteiger charge is 2.17. The number of ether oxygens (including phenoxy) is 1. The first-order valence-electron chi connectivity index (χ1n) is 6.38. The average Bonchev–Trinajstić information content (AvgIpc) is 2.84. The fourth-order valence-corrected chi connectivity index (χ4v) is 2.34. The first kappa shape index (κ1) is 11.3. The summed E-state index contributed by atoms with van der Waals surface area (Å²) in [5, 5.41) is 11.0. The number of rotatable bonds is 3. The standard InChI is InChI=1S/C14H17N3O/c1-2-18-11-5-3-10(4-6-11)14-12-9-15-8-7-13(12)16-17-14/h3-6,15H,2,7-9H2,1H3,(H,16,17). The maximum absolute atomic E-state index is 5.45. The Morgan fingerprint density at radius 1 is 1.28 bits per heavy atom. The molecule has 0 saturated heterocycles. The zero-order valence-corrected chi connectivity index (χ0v) is 10.5. The van der Waals surface area contributed by atoms with Crippen molar-refractivity contribution in [2.75, 3.05) is 13.2 Å². The zero-order valence-electron chi connectivity index (χ0n) is 10.5. The number of hydrogen-bond acceptors (Lipinski definition) is 3. The molecular formula is C14H17N3O. The Labute approximate surface area is 106 Å². The van der Waals surface area contributed by atoms with E-state index in [1.807, 2.05) is 19.1 Å². The maximum atomic E-state index is 5.45. The molecule has 94 valence electrons. The highest BCUT2D eigenvalue weighted by Crippen LogP contribution is 2.27. The topological polar surface area (TPSA) is 49.9 Å². The van der Waals surface area contributed by atoms with Gasteiger partial charge < -0.3 is 10.1 Å². The monoisotopic (exact) mass is 243 g/mol. The second kappa shape index (κ2) is 4.82. The van der Waals surface area contributed by atoms with Gasteiger partial charge in [0.25, 0.3) is 0 Å². The molecule has 2 aromatic rings. The minimum Gasteiger partial charge on any atom is -0.494 e. The van der Waals surface area contributed by atoms with E-state index in [2.05, 4.69) is 27.6 Å². The smallest absolute Gasteiger partial charge is 0.119 e. The van der Waals surface area contributed by atoms with E-state index in [1.54, 1.807) is 0 Å². The van der Waals surface area contributed by atoms with Gasteiger partial charge in [-0.15, -0.1) is 0 Å². The first-order valence-corrected chi connectivity index (χ1v) is 6.38. The molecule has 4 nitrogen and oxygen atoms in total. The number of nitrogens with zero attached hydrogens (tertiary/aromatic N) is 1. The third-order valence-electron chi connectivity index (χ3n) is 3.25. The molecule has 0 unspecified atom stereocenters. The van der Waals surface area contributed by atoms with Crippen LogP contribution in [-0.4, -0.2) is 23.3 Å². The van der Waals surface area contributed by atoms with Crippen LogP contribution in [0.25, 0.3) is 11.3 Å². The van der Waals surface area contributed by atoms with Crippen LogP contribution in [0.5, 0.6) is 5.75 Å². The fourth-order valence-electron chi connectivity index (χ4n) is 2.34. The van der Waals surface area contributed by atoms with Crippen LogP contribution in [0.15, 0.2) is 24.3 Å². The molecule has 0 aliphatic carbocycles. The normalized spacial score (nSPS) is 14.3. The Balaban J connectivity index is 1.92. The van der Waals surface area contributed by atoms with E-state index < -0.39 is 0 Å². The van der Waals surface area contributed by atoms with Crippen molar-refractivity contribution in [1.82, 2.24) is 15.5 Å². The summed E-state index contributed by atoms with van der Waals surface area (Å²) >= 11 is 0. The summed E-state index contributed by atoms with van der Waals surface area (Å²) in [6.07, 6.45) is 1.03. The summed E-state index contributed by atoms with van der Waals surface area (Å²) in [7, 11) is 0. The lowest BCUT2D eigenvalue weighted by Crippen LogP contribution is -2.23. The number of benzene rings is 1. The molecule has 0 bridgehead atoms. The van der Waals surface area contributed by atoms with Crippen molar-refractivity contribution in [3.63, 3.8) is 0 Å². The summed E-state index contributed by atoms with van der Waals surface area (Å²) in [5.74, 6) is 0.906. The molecule has 3 rings (SSSR count). The van der Waals surface area contributed by atoms with Gasteiger partial charge in [0.2, 0.25) is 0 Å². The molecule has 0 saturated carbocycles. The van der Waals surface area contributed by atoms with Crippen LogP contribution in [-0.2, 0) is 13.0 Å². The molecule has 4 heteroatoms. The van der Waals surface area contributed by atoms with Gasteiger partial charge in [0.15, 0.2) is 0 Å². The number of aromatic nitrogens is 2. The summed E-state index contributed by atoms with van der Waals surface area (Å²) in [4.78, 5) is 0. The summed E-state index contributed by atoms with van der Waals surface area (Å²) in [5.41, 5.74) is 4.75. The van der Waals surface area contributed by atoms with E-state index in [1.165, 1.54) is 11.3 Å². The van der Waals surface area contributed by atoms with Gasteiger partial charge in [-0.2, -0.15) is 5.10 Å². The molecule has 0 amide bonds. The van der Waals surface area contributed by atoms with E-state index >= 15 is 0 Å². The Hall–Kier alpha value is -1.81. The Morgan fingerprint density at radius 2 is 2.11 bits per heavy atom. The summed E-state index contributed by atoms with van der Waals surface area (Å²) in [6.45, 7) is 4.61. The van der Waals surface area contributed by atoms with Crippen LogP contribution in [0.3, 0.4) is 0 Å². The van der Waals surface area contributed by atoms with Crippen LogP contribution in [0.1, 0.15) is 18.2 Å². The largest absolute Gasteiger partial charge is 0.494 e. The van der Waals surface area contributed by atoms with E-state index in [9.17, 15) is 0 Å². The first-order chi connectivity index (χ1) is 8.88. The minimum atomic E-state index is 0.696. The lowest BCUT2D eigenvalue weighted by Gasteiger charge is -2.13. The van der Waals surface area contributed by atoms with Crippen LogP contribution < -0.4 is 10.1 Å². The van der Waals surface area contributed by atoms with Crippen LogP contribution in [0.2, 0.25) is 0 Å². The second-order valence-electron chi connectivity index (χ2n) is 4.41. The molecule has 1 aliphatic rings. The molecule has 2 N–H and O–H groups in total. The molecule has 18 heavy (non-hydrogen) atoms. The molecule has 2 heterocycles. The van der Waals surface area contributed by atoms with E-state index in [-0.39, 0.29) is 0 Å². The van der Waals surface area contributed by atoms with Gasteiger partial charge in [-0.25, -0.2) is 0 Å². The average molecular weight is 243 g/mol. The molecule has 1 aromatic carbocycles. The van der Waals surface area contributed by atoms with Crippen LogP contribution in [0.4, 0.5) is 0 Å². The number of nitrogens with one attached hydrogen (secondary N) is 2. The van der Waals surface area contributed by atoms with Crippen molar-refractivity contribution in [1.29, 1.82) is 0 Å². The van der Waals surface area contributed by atoms with Gasteiger partial charge in [-0.05, 0) is 31.2 Å². The number of fused-ring (bicyclic) bond motifs is 1. The maximum Gasteiger partial charge on any atom is 0.119 e. The number of aromatic amines is 1. The van der Waals surface area contributed by atoms with Crippen molar-refractivity contribution in [3.05, 3.63) is 35.5 Å². The lowest BCUT2D eigenvalue weighted by molar-refractivity contribution is 0.340. The molecule has 0 spiro atoms. The quantitative estimate of drug-likeness (QED) is 0.868. The van der Waals surface area contributed by atoms with Crippen molar-refractivity contribution in [3.8, 4) is 17.0 Å². The zero-order chi connectivity index (χ0) is 12.4. The minimum absolute atomic E-state index is 0.696. The van der Waals surface area contributed by atoms with Gasteiger partial charge in [0.1, 0.15) is 5.75 Å². The summed E-state index contributed by atoms with van der Waals surface area (Å²) < 4.78 is 5.45. The van der Waals surface area contributed by atoms with E-state index in [0.29, 0.717) is 6.61 Å². The van der Waals surface area contributed by atoms with E-state index in [4.69, 9.17) is 4.74 Å².